The van der Waals surface area contributed by atoms with Crippen molar-refractivity contribution in [3.8, 4) is 0 Å². The quantitative estimate of drug-likeness (QED) is 0.0900. The molecular formula is C34H36O4Sn. The van der Waals surface area contributed by atoms with Crippen molar-refractivity contribution in [2.75, 3.05) is 0 Å². The molecule has 4 aromatic rings. The van der Waals surface area contributed by atoms with Gasteiger partial charge in [0.25, 0.3) is 0 Å². The monoisotopic (exact) mass is 628 g/mol. The topological polar surface area (TPSA) is 52.6 Å². The van der Waals surface area contributed by atoms with E-state index in [1.807, 2.05) is 60.7 Å². The molecule has 0 atom stereocenters. The Labute approximate surface area is 242 Å². The van der Waals surface area contributed by atoms with Crippen LogP contribution in [0.3, 0.4) is 0 Å². The first-order valence-electron chi connectivity index (χ1n) is 13.4. The SMILES string of the molecule is O=C(CCCCC(=O)OCc1ccccc1)OCc1ccccc1.c1ccc([CH2][Sn][CH2]c2ccccc2)cc1. The molecule has 0 N–H and O–H groups in total. The molecule has 0 aliphatic carbocycles. The van der Waals surface area contributed by atoms with Crippen LogP contribution in [0.25, 0.3) is 0 Å². The molecule has 2 radical (unpaired) electrons. The van der Waals surface area contributed by atoms with Gasteiger partial charge in [0.05, 0.1) is 0 Å². The molecule has 0 aromatic heterocycles. The molecule has 0 spiro atoms. The zero-order valence-electron chi connectivity index (χ0n) is 22.3. The normalized spacial score (nSPS) is 10.2. The summed E-state index contributed by atoms with van der Waals surface area (Å²) in [5.74, 6) is -0.479. The van der Waals surface area contributed by atoms with Crippen molar-refractivity contribution in [2.45, 2.75) is 47.8 Å². The number of carbonyl (C=O) groups is 2. The summed E-state index contributed by atoms with van der Waals surface area (Å²) in [6, 6.07) is 40.8. The fourth-order valence-corrected chi connectivity index (χ4v) is 7.05. The van der Waals surface area contributed by atoms with E-state index >= 15 is 0 Å². The number of hydrogen-bond acceptors (Lipinski definition) is 4. The summed E-state index contributed by atoms with van der Waals surface area (Å²) in [6.45, 7) is 0.581. The summed E-state index contributed by atoms with van der Waals surface area (Å²) >= 11 is -0.258. The van der Waals surface area contributed by atoms with Gasteiger partial charge in [-0.05, 0) is 24.0 Å². The number of esters is 2. The number of benzene rings is 4. The average molecular weight is 627 g/mol. The third kappa shape index (κ3) is 13.8. The fourth-order valence-electron chi connectivity index (χ4n) is 3.70. The van der Waals surface area contributed by atoms with Crippen LogP contribution in [-0.4, -0.2) is 33.1 Å². The van der Waals surface area contributed by atoms with Gasteiger partial charge in [-0.1, -0.05) is 60.7 Å². The van der Waals surface area contributed by atoms with E-state index < -0.39 is 0 Å². The van der Waals surface area contributed by atoms with Gasteiger partial charge < -0.3 is 9.47 Å². The zero-order valence-corrected chi connectivity index (χ0v) is 25.2. The van der Waals surface area contributed by atoms with Crippen LogP contribution in [0, 0.1) is 0 Å². The average Bonchev–Trinajstić information content (AvgIpc) is 3.00. The fraction of sp³-hybridized carbons (Fsp3) is 0.235. The van der Waals surface area contributed by atoms with Crippen molar-refractivity contribution in [1.82, 2.24) is 0 Å². The summed E-state index contributed by atoms with van der Waals surface area (Å²) in [7, 11) is 0. The van der Waals surface area contributed by atoms with Crippen LogP contribution in [0.15, 0.2) is 121 Å². The van der Waals surface area contributed by atoms with Crippen molar-refractivity contribution in [3.05, 3.63) is 144 Å². The van der Waals surface area contributed by atoms with Gasteiger partial charge in [-0.3, -0.25) is 9.59 Å². The van der Waals surface area contributed by atoms with E-state index in [1.54, 1.807) is 0 Å². The Bertz CT molecular complexity index is 1100. The molecule has 0 aliphatic heterocycles. The Hall–Kier alpha value is -3.38. The zero-order chi connectivity index (χ0) is 27.4. The third-order valence-corrected chi connectivity index (χ3v) is 9.60. The van der Waals surface area contributed by atoms with Gasteiger partial charge in [0.1, 0.15) is 13.2 Å². The van der Waals surface area contributed by atoms with Gasteiger partial charge in [0.15, 0.2) is 0 Å². The maximum absolute atomic E-state index is 11.6. The van der Waals surface area contributed by atoms with E-state index in [1.165, 1.54) is 20.0 Å². The van der Waals surface area contributed by atoms with Crippen LogP contribution < -0.4 is 0 Å². The van der Waals surface area contributed by atoms with Gasteiger partial charge in [0.2, 0.25) is 0 Å². The minimum absolute atomic E-state index is 0.239. The van der Waals surface area contributed by atoms with Gasteiger partial charge in [-0.2, -0.15) is 0 Å². The van der Waals surface area contributed by atoms with Crippen molar-refractivity contribution in [1.29, 1.82) is 0 Å². The first-order valence-corrected chi connectivity index (χ1v) is 17.4. The summed E-state index contributed by atoms with van der Waals surface area (Å²) in [6.07, 6.45) is 1.87. The molecule has 0 amide bonds. The van der Waals surface area contributed by atoms with Crippen LogP contribution in [0.1, 0.15) is 47.9 Å². The van der Waals surface area contributed by atoms with Crippen molar-refractivity contribution >= 4 is 33.1 Å². The summed E-state index contributed by atoms with van der Waals surface area (Å²) in [5.41, 5.74) is 4.96. The molecule has 4 nitrogen and oxygen atoms in total. The van der Waals surface area contributed by atoms with E-state index in [0.29, 0.717) is 38.9 Å². The molecule has 0 saturated heterocycles. The first-order chi connectivity index (χ1) is 19.2. The molecule has 4 rings (SSSR count). The van der Waals surface area contributed by atoms with Gasteiger partial charge >= 0.3 is 114 Å². The van der Waals surface area contributed by atoms with Crippen molar-refractivity contribution in [2.24, 2.45) is 0 Å². The van der Waals surface area contributed by atoms with Crippen LogP contribution in [0.4, 0.5) is 0 Å². The van der Waals surface area contributed by atoms with Gasteiger partial charge in [0, 0.05) is 12.8 Å². The van der Waals surface area contributed by atoms with E-state index in [9.17, 15) is 9.59 Å². The molecule has 0 heterocycles. The maximum atomic E-state index is 11.6. The standard InChI is InChI=1S/C20H22O4.2C7H7.Sn/c21-19(23-15-17-9-3-1-4-10-17)13-7-8-14-20(22)24-16-18-11-5-2-6-12-18;2*1-7-5-3-2-4-6-7;/h1-6,9-12H,7-8,13-16H2;2*2-6H,1H2;. The van der Waals surface area contributed by atoms with E-state index in [-0.39, 0.29) is 33.1 Å². The number of rotatable bonds is 13. The second kappa shape index (κ2) is 18.8. The molecule has 0 saturated carbocycles. The summed E-state index contributed by atoms with van der Waals surface area (Å²) < 4.78 is 13.1. The Morgan fingerprint density at radius 2 is 0.769 bits per heavy atom. The second-order valence-electron chi connectivity index (χ2n) is 9.07. The van der Waals surface area contributed by atoms with E-state index in [2.05, 4.69) is 60.7 Å². The molecule has 0 fully saturated rings. The predicted octanol–water partition coefficient (Wildman–Crippen LogP) is 7.12. The Balaban J connectivity index is 0.000000239. The Morgan fingerprint density at radius 3 is 1.10 bits per heavy atom. The molecular weight excluding hydrogens is 591 g/mol. The van der Waals surface area contributed by atoms with Crippen LogP contribution in [0.5, 0.6) is 0 Å². The molecule has 39 heavy (non-hydrogen) atoms. The molecule has 200 valence electrons. The Morgan fingerprint density at radius 1 is 0.462 bits per heavy atom. The summed E-state index contributed by atoms with van der Waals surface area (Å²) in [5, 5.41) is 0. The van der Waals surface area contributed by atoms with E-state index in [0.717, 1.165) is 11.1 Å². The number of ether oxygens (including phenoxy) is 2. The third-order valence-electron chi connectivity index (χ3n) is 5.84. The van der Waals surface area contributed by atoms with E-state index in [4.69, 9.17) is 9.47 Å². The van der Waals surface area contributed by atoms with Crippen molar-refractivity contribution in [3.63, 3.8) is 0 Å². The van der Waals surface area contributed by atoms with Gasteiger partial charge in [-0.25, -0.2) is 0 Å². The number of hydrogen-bond donors (Lipinski definition) is 0. The molecule has 0 bridgehead atoms. The molecule has 5 heteroatoms. The first kappa shape index (κ1) is 30.2. The molecule has 0 unspecified atom stereocenters. The van der Waals surface area contributed by atoms with Crippen molar-refractivity contribution < 1.29 is 19.1 Å². The Kier molecular flexibility index (Phi) is 14.5. The predicted molar refractivity (Wildman–Crippen MR) is 157 cm³/mol. The molecule has 4 aromatic carbocycles. The minimum atomic E-state index is -0.258. The summed E-state index contributed by atoms with van der Waals surface area (Å²) in [4.78, 5) is 23.3. The number of unbranched alkanes of at least 4 members (excludes halogenated alkanes) is 1. The van der Waals surface area contributed by atoms with Crippen LogP contribution >= 0.6 is 0 Å². The number of carbonyl (C=O) groups excluding carboxylic acids is 2. The second-order valence-corrected chi connectivity index (χ2v) is 12.5. The van der Waals surface area contributed by atoms with Crippen LogP contribution in [0.2, 0.25) is 0 Å². The molecule has 0 aliphatic rings. The van der Waals surface area contributed by atoms with Crippen LogP contribution in [-0.2, 0) is 41.2 Å². The van der Waals surface area contributed by atoms with Gasteiger partial charge in [-0.15, -0.1) is 0 Å².